The lowest BCUT2D eigenvalue weighted by Gasteiger charge is -2.13. The molecule has 3 rings (SSSR count). The van der Waals surface area contributed by atoms with E-state index < -0.39 is 0 Å². The molecule has 0 bridgehead atoms. The number of rotatable bonds is 10. The van der Waals surface area contributed by atoms with Crippen LogP contribution >= 0.6 is 0 Å². The molecule has 3 aromatic carbocycles. The fraction of sp³-hybridized carbons (Fsp3) is 0.259. The number of amides is 2. The third-order valence-electron chi connectivity index (χ3n) is 5.42. The predicted octanol–water partition coefficient (Wildman–Crippen LogP) is 5.19. The van der Waals surface area contributed by atoms with Gasteiger partial charge in [0, 0.05) is 6.54 Å². The number of hydrogen-bond acceptors (Lipinski definition) is 3. The monoisotopic (exact) mass is 430 g/mol. The summed E-state index contributed by atoms with van der Waals surface area (Å²) in [4.78, 5) is 25.0. The fourth-order valence-corrected chi connectivity index (χ4v) is 3.31. The smallest absolute Gasteiger partial charge is 0.262 e. The van der Waals surface area contributed by atoms with Crippen molar-refractivity contribution < 1.29 is 14.3 Å². The van der Waals surface area contributed by atoms with Gasteiger partial charge in [0.15, 0.2) is 6.61 Å². The average molecular weight is 431 g/mol. The van der Waals surface area contributed by atoms with E-state index in [2.05, 4.69) is 24.5 Å². The van der Waals surface area contributed by atoms with Gasteiger partial charge in [-0.15, -0.1) is 0 Å². The number of carbonyl (C=O) groups excluding carboxylic acids is 2. The van der Waals surface area contributed by atoms with E-state index >= 15 is 0 Å². The van der Waals surface area contributed by atoms with Gasteiger partial charge in [-0.05, 0) is 54.2 Å². The van der Waals surface area contributed by atoms with Crippen LogP contribution in [0.1, 0.15) is 47.7 Å². The van der Waals surface area contributed by atoms with Crippen LogP contribution in [0.15, 0.2) is 78.9 Å². The summed E-state index contributed by atoms with van der Waals surface area (Å²) in [6.45, 7) is 4.72. The summed E-state index contributed by atoms with van der Waals surface area (Å²) in [6.07, 6.45) is 1.81. The van der Waals surface area contributed by atoms with E-state index in [-0.39, 0.29) is 18.4 Å². The van der Waals surface area contributed by atoms with E-state index in [0.717, 1.165) is 18.4 Å². The zero-order valence-corrected chi connectivity index (χ0v) is 18.6. The van der Waals surface area contributed by atoms with Crippen LogP contribution in [0.2, 0.25) is 0 Å². The summed E-state index contributed by atoms with van der Waals surface area (Å²) in [5.41, 5.74) is 3.29. The average Bonchev–Trinajstić information content (AvgIpc) is 2.83. The summed E-state index contributed by atoms with van der Waals surface area (Å²) in [7, 11) is 0. The van der Waals surface area contributed by atoms with Crippen LogP contribution in [-0.4, -0.2) is 25.0 Å². The van der Waals surface area contributed by atoms with E-state index in [4.69, 9.17) is 4.74 Å². The summed E-state index contributed by atoms with van der Waals surface area (Å²) in [5.74, 6) is 0.584. The van der Waals surface area contributed by atoms with E-state index in [0.29, 0.717) is 29.5 Å². The van der Waals surface area contributed by atoms with E-state index in [1.165, 1.54) is 5.56 Å². The lowest BCUT2D eigenvalue weighted by molar-refractivity contribution is -0.118. The predicted molar refractivity (Wildman–Crippen MR) is 128 cm³/mol. The standard InChI is InChI=1S/C27H30N2O3/c1-3-20(2)22-13-15-23(16-14-22)32-19-26(30)29-25-12-8-7-11-24(25)27(31)28-18-17-21-9-5-4-6-10-21/h4-16,20H,3,17-19H2,1-2H3,(H,28,31)(H,29,30). The first kappa shape index (κ1) is 23.1. The van der Waals surface area contributed by atoms with Crippen LogP contribution in [0.3, 0.4) is 0 Å². The molecule has 0 saturated heterocycles. The Hall–Kier alpha value is -3.60. The van der Waals surface area contributed by atoms with E-state index in [1.54, 1.807) is 24.3 Å². The van der Waals surface area contributed by atoms with Crippen LogP contribution in [0.25, 0.3) is 0 Å². The molecule has 5 nitrogen and oxygen atoms in total. The van der Waals surface area contributed by atoms with Gasteiger partial charge in [0.2, 0.25) is 0 Å². The Balaban J connectivity index is 1.52. The summed E-state index contributed by atoms with van der Waals surface area (Å²) >= 11 is 0. The summed E-state index contributed by atoms with van der Waals surface area (Å²) in [6, 6.07) is 24.7. The van der Waals surface area contributed by atoms with E-state index in [9.17, 15) is 9.59 Å². The molecule has 2 amide bonds. The molecule has 0 fully saturated rings. The second-order valence-electron chi connectivity index (χ2n) is 7.75. The van der Waals surface area contributed by atoms with Gasteiger partial charge in [-0.2, -0.15) is 0 Å². The number of carbonyl (C=O) groups is 2. The first-order valence-electron chi connectivity index (χ1n) is 11.0. The van der Waals surface area contributed by atoms with Crippen LogP contribution in [0, 0.1) is 0 Å². The number of para-hydroxylation sites is 1. The second kappa shape index (κ2) is 11.7. The van der Waals surface area contributed by atoms with Gasteiger partial charge in [-0.3, -0.25) is 9.59 Å². The Morgan fingerprint density at radius 1 is 0.906 bits per heavy atom. The molecule has 166 valence electrons. The van der Waals surface area contributed by atoms with Gasteiger partial charge in [-0.1, -0.05) is 68.4 Å². The van der Waals surface area contributed by atoms with Crippen LogP contribution in [0.5, 0.6) is 5.75 Å². The normalized spacial score (nSPS) is 11.4. The Morgan fingerprint density at radius 2 is 1.59 bits per heavy atom. The molecule has 2 N–H and O–H groups in total. The minimum Gasteiger partial charge on any atom is -0.484 e. The van der Waals surface area contributed by atoms with Crippen molar-refractivity contribution in [3.8, 4) is 5.75 Å². The van der Waals surface area contributed by atoms with Crippen molar-refractivity contribution in [3.05, 3.63) is 95.6 Å². The highest BCUT2D eigenvalue weighted by molar-refractivity contribution is 6.04. The van der Waals surface area contributed by atoms with Gasteiger partial charge < -0.3 is 15.4 Å². The van der Waals surface area contributed by atoms with Gasteiger partial charge in [-0.25, -0.2) is 0 Å². The van der Waals surface area contributed by atoms with Crippen molar-refractivity contribution in [3.63, 3.8) is 0 Å². The molecule has 3 aromatic rings. The van der Waals surface area contributed by atoms with Gasteiger partial charge >= 0.3 is 0 Å². The first-order valence-corrected chi connectivity index (χ1v) is 11.0. The largest absolute Gasteiger partial charge is 0.484 e. The summed E-state index contributed by atoms with van der Waals surface area (Å²) < 4.78 is 5.61. The minimum absolute atomic E-state index is 0.132. The maximum absolute atomic E-state index is 12.6. The van der Waals surface area contributed by atoms with Crippen molar-refractivity contribution in [2.75, 3.05) is 18.5 Å². The van der Waals surface area contributed by atoms with Crippen molar-refractivity contribution in [2.24, 2.45) is 0 Å². The minimum atomic E-state index is -0.319. The molecular weight excluding hydrogens is 400 g/mol. The molecule has 0 heterocycles. The third kappa shape index (κ3) is 6.71. The maximum Gasteiger partial charge on any atom is 0.262 e. The molecule has 0 spiro atoms. The zero-order chi connectivity index (χ0) is 22.8. The number of ether oxygens (including phenoxy) is 1. The van der Waals surface area contributed by atoms with Crippen LogP contribution < -0.4 is 15.4 Å². The van der Waals surface area contributed by atoms with Crippen molar-refractivity contribution >= 4 is 17.5 Å². The Morgan fingerprint density at radius 3 is 2.31 bits per heavy atom. The number of anilines is 1. The van der Waals surface area contributed by atoms with E-state index in [1.807, 2.05) is 54.6 Å². The maximum atomic E-state index is 12.6. The zero-order valence-electron chi connectivity index (χ0n) is 18.6. The van der Waals surface area contributed by atoms with Gasteiger partial charge in [0.05, 0.1) is 11.3 Å². The molecule has 0 aromatic heterocycles. The molecule has 32 heavy (non-hydrogen) atoms. The molecular formula is C27H30N2O3. The lowest BCUT2D eigenvalue weighted by Crippen LogP contribution is -2.28. The van der Waals surface area contributed by atoms with Gasteiger partial charge in [0.1, 0.15) is 5.75 Å². The van der Waals surface area contributed by atoms with Crippen molar-refractivity contribution in [2.45, 2.75) is 32.6 Å². The van der Waals surface area contributed by atoms with Crippen molar-refractivity contribution in [1.29, 1.82) is 0 Å². The molecule has 0 radical (unpaired) electrons. The first-order chi connectivity index (χ1) is 15.6. The highest BCUT2D eigenvalue weighted by Gasteiger charge is 2.13. The molecule has 1 atom stereocenters. The number of nitrogens with one attached hydrogen (secondary N) is 2. The molecule has 5 heteroatoms. The lowest BCUT2D eigenvalue weighted by atomic mass is 9.99. The van der Waals surface area contributed by atoms with Gasteiger partial charge in [0.25, 0.3) is 11.8 Å². The van der Waals surface area contributed by atoms with Crippen LogP contribution in [0.4, 0.5) is 5.69 Å². The quantitative estimate of drug-likeness (QED) is 0.465. The Labute approximate surface area is 189 Å². The summed E-state index contributed by atoms with van der Waals surface area (Å²) in [5, 5.41) is 5.70. The SMILES string of the molecule is CCC(C)c1ccc(OCC(=O)Nc2ccccc2C(=O)NCCc2ccccc2)cc1. The second-order valence-corrected chi connectivity index (χ2v) is 7.75. The molecule has 1 unspecified atom stereocenters. The van der Waals surface area contributed by atoms with Crippen molar-refractivity contribution in [1.82, 2.24) is 5.32 Å². The molecule has 0 aliphatic rings. The molecule has 0 aliphatic heterocycles. The molecule has 0 aliphatic carbocycles. The highest BCUT2D eigenvalue weighted by atomic mass is 16.5. The Bertz CT molecular complexity index is 1020. The van der Waals surface area contributed by atoms with Crippen LogP contribution in [-0.2, 0) is 11.2 Å². The highest BCUT2D eigenvalue weighted by Crippen LogP contribution is 2.21. The Kier molecular flexibility index (Phi) is 8.44. The molecule has 0 saturated carbocycles. The number of hydrogen-bond donors (Lipinski definition) is 2. The third-order valence-corrected chi connectivity index (χ3v) is 5.42. The topological polar surface area (TPSA) is 67.4 Å². The fourth-order valence-electron chi connectivity index (χ4n) is 3.31. The number of benzene rings is 3.